The van der Waals surface area contributed by atoms with Crippen LogP contribution in [0.15, 0.2) is 59.4 Å². The summed E-state index contributed by atoms with van der Waals surface area (Å²) >= 11 is 5.98. The van der Waals surface area contributed by atoms with Crippen molar-refractivity contribution in [3.63, 3.8) is 0 Å². The van der Waals surface area contributed by atoms with E-state index >= 15 is 0 Å². The Hall–Kier alpha value is -3.05. The molecule has 0 amide bonds. The standard InChI is InChI=1S/C19H14ClN3O2/c1-11-18(13-2-6-14(20)7-3-13)19-21-17(25)10-16(23(19)22-11)12-4-8-15(24)9-5-12/h2-10,24H,1H3,(H,21,25). The molecule has 0 saturated heterocycles. The average Bonchev–Trinajstić information content (AvgIpc) is 2.92. The van der Waals surface area contributed by atoms with Crippen LogP contribution < -0.4 is 5.56 Å². The number of rotatable bonds is 2. The van der Waals surface area contributed by atoms with E-state index in [0.717, 1.165) is 22.4 Å². The molecule has 2 N–H and O–H groups in total. The van der Waals surface area contributed by atoms with Gasteiger partial charge in [0.05, 0.1) is 11.4 Å². The van der Waals surface area contributed by atoms with Gasteiger partial charge in [0.1, 0.15) is 11.4 Å². The van der Waals surface area contributed by atoms with Gasteiger partial charge < -0.3 is 10.1 Å². The highest BCUT2D eigenvalue weighted by Crippen LogP contribution is 2.30. The monoisotopic (exact) mass is 351 g/mol. The van der Waals surface area contributed by atoms with Crippen molar-refractivity contribution in [2.24, 2.45) is 0 Å². The molecule has 0 aliphatic carbocycles. The predicted octanol–water partition coefficient (Wildman–Crippen LogP) is 4.02. The minimum absolute atomic E-state index is 0.170. The van der Waals surface area contributed by atoms with Crippen molar-refractivity contribution in [1.29, 1.82) is 0 Å². The van der Waals surface area contributed by atoms with Crippen LogP contribution in [0.25, 0.3) is 28.0 Å². The molecule has 5 nitrogen and oxygen atoms in total. The predicted molar refractivity (Wildman–Crippen MR) is 98.1 cm³/mol. The lowest BCUT2D eigenvalue weighted by Crippen LogP contribution is -2.09. The molecule has 4 rings (SSSR count). The van der Waals surface area contributed by atoms with Gasteiger partial charge in [0.2, 0.25) is 0 Å². The Morgan fingerprint density at radius 1 is 1.04 bits per heavy atom. The number of halogens is 1. The summed E-state index contributed by atoms with van der Waals surface area (Å²) in [6.07, 6.45) is 0. The van der Waals surface area contributed by atoms with Crippen LogP contribution in [0.1, 0.15) is 5.69 Å². The zero-order valence-corrected chi connectivity index (χ0v) is 14.1. The summed E-state index contributed by atoms with van der Waals surface area (Å²) in [7, 11) is 0. The number of H-pyrrole nitrogens is 1. The second kappa shape index (κ2) is 5.79. The van der Waals surface area contributed by atoms with Gasteiger partial charge in [-0.05, 0) is 48.9 Å². The molecule has 124 valence electrons. The maximum Gasteiger partial charge on any atom is 0.251 e. The average molecular weight is 352 g/mol. The smallest absolute Gasteiger partial charge is 0.251 e. The van der Waals surface area contributed by atoms with E-state index in [-0.39, 0.29) is 11.3 Å². The van der Waals surface area contributed by atoms with Crippen LogP contribution in [-0.2, 0) is 0 Å². The summed E-state index contributed by atoms with van der Waals surface area (Å²) < 4.78 is 1.72. The number of aromatic hydroxyl groups is 1. The zero-order chi connectivity index (χ0) is 17.6. The molecule has 25 heavy (non-hydrogen) atoms. The van der Waals surface area contributed by atoms with Crippen molar-refractivity contribution in [2.45, 2.75) is 6.92 Å². The van der Waals surface area contributed by atoms with E-state index in [9.17, 15) is 9.90 Å². The van der Waals surface area contributed by atoms with Gasteiger partial charge >= 0.3 is 0 Å². The number of aryl methyl sites for hydroxylation is 1. The summed E-state index contributed by atoms with van der Waals surface area (Å²) in [5.74, 6) is 0.170. The maximum absolute atomic E-state index is 12.2. The number of aromatic nitrogens is 3. The molecule has 4 aromatic rings. The number of fused-ring (bicyclic) bond motifs is 1. The lowest BCUT2D eigenvalue weighted by molar-refractivity contribution is 0.475. The number of benzene rings is 2. The first kappa shape index (κ1) is 15.5. The molecule has 0 spiro atoms. The van der Waals surface area contributed by atoms with Crippen molar-refractivity contribution in [1.82, 2.24) is 14.6 Å². The van der Waals surface area contributed by atoms with Crippen LogP contribution in [0.2, 0.25) is 5.02 Å². The van der Waals surface area contributed by atoms with Crippen molar-refractivity contribution < 1.29 is 5.11 Å². The van der Waals surface area contributed by atoms with Crippen LogP contribution >= 0.6 is 11.6 Å². The molecule has 0 aliphatic heterocycles. The molecule has 0 fully saturated rings. The Morgan fingerprint density at radius 2 is 1.68 bits per heavy atom. The summed E-state index contributed by atoms with van der Waals surface area (Å²) in [5, 5.41) is 14.7. The molecule has 2 heterocycles. The number of aromatic amines is 1. The second-order valence-electron chi connectivity index (χ2n) is 5.79. The van der Waals surface area contributed by atoms with E-state index in [1.54, 1.807) is 28.8 Å². The molecule has 0 saturated carbocycles. The van der Waals surface area contributed by atoms with Crippen LogP contribution in [0.5, 0.6) is 5.75 Å². The molecule has 0 unspecified atom stereocenters. The number of phenols is 1. The Morgan fingerprint density at radius 3 is 2.36 bits per heavy atom. The Kier molecular flexibility index (Phi) is 3.58. The minimum Gasteiger partial charge on any atom is -0.508 e. The van der Waals surface area contributed by atoms with Gasteiger partial charge in [0.15, 0.2) is 0 Å². The first-order chi connectivity index (χ1) is 12.0. The summed E-state index contributed by atoms with van der Waals surface area (Å²) in [6.45, 7) is 1.90. The van der Waals surface area contributed by atoms with E-state index < -0.39 is 0 Å². The van der Waals surface area contributed by atoms with Gasteiger partial charge in [0.25, 0.3) is 5.56 Å². The highest BCUT2D eigenvalue weighted by Gasteiger charge is 2.16. The van der Waals surface area contributed by atoms with Crippen molar-refractivity contribution in [3.05, 3.63) is 75.7 Å². The van der Waals surface area contributed by atoms with E-state index in [1.165, 1.54) is 6.07 Å². The van der Waals surface area contributed by atoms with E-state index in [4.69, 9.17) is 11.6 Å². The quantitative estimate of drug-likeness (QED) is 0.573. The summed E-state index contributed by atoms with van der Waals surface area (Å²) in [6, 6.07) is 15.6. The highest BCUT2D eigenvalue weighted by atomic mass is 35.5. The van der Waals surface area contributed by atoms with Gasteiger partial charge in [0, 0.05) is 22.2 Å². The lowest BCUT2D eigenvalue weighted by atomic mass is 10.1. The summed E-state index contributed by atoms with van der Waals surface area (Å²) in [4.78, 5) is 15.1. The highest BCUT2D eigenvalue weighted by molar-refractivity contribution is 6.30. The minimum atomic E-state index is -0.217. The van der Waals surface area contributed by atoms with Crippen LogP contribution in [-0.4, -0.2) is 19.7 Å². The van der Waals surface area contributed by atoms with Gasteiger partial charge in [-0.1, -0.05) is 23.7 Å². The first-order valence-corrected chi connectivity index (χ1v) is 8.09. The SMILES string of the molecule is Cc1nn2c(-c3ccc(O)cc3)cc(=O)[nH]c2c1-c1ccc(Cl)cc1. The molecular formula is C19H14ClN3O2. The third kappa shape index (κ3) is 2.68. The van der Waals surface area contributed by atoms with Crippen molar-refractivity contribution in [2.75, 3.05) is 0 Å². The van der Waals surface area contributed by atoms with Crippen molar-refractivity contribution in [3.8, 4) is 28.1 Å². The van der Waals surface area contributed by atoms with E-state index in [0.29, 0.717) is 16.4 Å². The Balaban J connectivity index is 2.02. The third-order valence-electron chi connectivity index (χ3n) is 4.09. The van der Waals surface area contributed by atoms with Gasteiger partial charge in [-0.25, -0.2) is 4.52 Å². The maximum atomic E-state index is 12.2. The van der Waals surface area contributed by atoms with Crippen LogP contribution in [0.3, 0.4) is 0 Å². The van der Waals surface area contributed by atoms with E-state index in [2.05, 4.69) is 10.1 Å². The number of phenolic OH excluding ortho intramolecular Hbond substituents is 1. The molecule has 0 bridgehead atoms. The Labute approximate surface area is 148 Å². The van der Waals surface area contributed by atoms with E-state index in [1.807, 2.05) is 31.2 Å². The molecule has 6 heteroatoms. The van der Waals surface area contributed by atoms with Crippen LogP contribution in [0.4, 0.5) is 0 Å². The van der Waals surface area contributed by atoms with Crippen molar-refractivity contribution >= 4 is 17.2 Å². The third-order valence-corrected chi connectivity index (χ3v) is 4.35. The number of nitrogens with one attached hydrogen (secondary N) is 1. The fraction of sp³-hybridized carbons (Fsp3) is 0.0526. The Bertz CT molecular complexity index is 1130. The molecule has 0 atom stereocenters. The lowest BCUT2D eigenvalue weighted by Gasteiger charge is -2.06. The second-order valence-corrected chi connectivity index (χ2v) is 6.23. The fourth-order valence-corrected chi connectivity index (χ4v) is 3.08. The number of hydrogen-bond acceptors (Lipinski definition) is 3. The largest absolute Gasteiger partial charge is 0.508 e. The fourth-order valence-electron chi connectivity index (χ4n) is 2.96. The number of nitrogens with zero attached hydrogens (tertiary/aromatic N) is 2. The topological polar surface area (TPSA) is 70.4 Å². The normalized spacial score (nSPS) is 11.1. The molecule has 0 radical (unpaired) electrons. The van der Waals surface area contributed by atoms with Gasteiger partial charge in [-0.2, -0.15) is 5.10 Å². The molecule has 2 aromatic carbocycles. The molecular weight excluding hydrogens is 338 g/mol. The first-order valence-electron chi connectivity index (χ1n) is 7.71. The molecule has 2 aromatic heterocycles. The number of hydrogen-bond donors (Lipinski definition) is 2. The van der Waals surface area contributed by atoms with Gasteiger partial charge in [-0.15, -0.1) is 0 Å². The summed E-state index contributed by atoms with van der Waals surface area (Å²) in [5.41, 5.74) is 4.43. The van der Waals surface area contributed by atoms with Gasteiger partial charge in [-0.3, -0.25) is 4.79 Å². The molecule has 0 aliphatic rings. The van der Waals surface area contributed by atoms with Crippen LogP contribution in [0, 0.1) is 6.92 Å². The zero-order valence-electron chi connectivity index (χ0n) is 13.3.